The lowest BCUT2D eigenvalue weighted by atomic mass is 9.55. The van der Waals surface area contributed by atoms with Crippen LogP contribution in [0.4, 0.5) is 0 Å². The number of nitrogens with zero attached hydrogens (tertiary/aromatic N) is 2. The van der Waals surface area contributed by atoms with Crippen molar-refractivity contribution in [2.75, 3.05) is 41.3 Å². The molecule has 0 radical (unpaired) electrons. The Morgan fingerprint density at radius 1 is 0.735 bits per heavy atom. The van der Waals surface area contributed by atoms with Gasteiger partial charge in [-0.2, -0.15) is 0 Å². The summed E-state index contributed by atoms with van der Waals surface area (Å²) in [6, 6.07) is 13.9. The van der Waals surface area contributed by atoms with Gasteiger partial charge in [-0.1, -0.05) is 24.3 Å². The van der Waals surface area contributed by atoms with Crippen molar-refractivity contribution >= 4 is 0 Å². The van der Waals surface area contributed by atoms with Crippen molar-refractivity contribution in [2.45, 2.75) is 69.5 Å². The normalized spacial score (nSPS) is 28.6. The second-order valence-electron chi connectivity index (χ2n) is 12.3. The average Bonchev–Trinajstić information content (AvgIpc) is 2.75. The van der Waals surface area contributed by atoms with Crippen LogP contribution in [0.25, 0.3) is 0 Å². The summed E-state index contributed by atoms with van der Waals surface area (Å²) in [5.74, 6) is 3.51. The van der Waals surface area contributed by atoms with Gasteiger partial charge in [0.2, 0.25) is 0 Å². The number of likely N-dealkylation sites (N-methyl/N-ethyl adjacent to an activating group) is 2. The molecule has 2 aromatic carbocycles. The molecule has 1 saturated carbocycles. The molecule has 0 aromatic heterocycles. The maximum absolute atomic E-state index is 6.82. The molecular formula is C30H42N2O2. The van der Waals surface area contributed by atoms with E-state index in [1.54, 1.807) is 0 Å². The molecule has 4 unspecified atom stereocenters. The molecule has 2 heterocycles. The highest BCUT2D eigenvalue weighted by Crippen LogP contribution is 2.62. The van der Waals surface area contributed by atoms with Gasteiger partial charge >= 0.3 is 0 Å². The van der Waals surface area contributed by atoms with Gasteiger partial charge in [-0.3, -0.25) is 0 Å². The fourth-order valence-electron chi connectivity index (χ4n) is 6.79. The summed E-state index contributed by atoms with van der Waals surface area (Å²) < 4.78 is 13.6. The maximum atomic E-state index is 6.82. The predicted octanol–water partition coefficient (Wildman–Crippen LogP) is 5.49. The van der Waals surface area contributed by atoms with Crippen molar-refractivity contribution in [1.29, 1.82) is 0 Å². The Labute approximate surface area is 206 Å². The number of ether oxygens (including phenoxy) is 2. The van der Waals surface area contributed by atoms with Gasteiger partial charge in [0.1, 0.15) is 22.7 Å². The van der Waals surface area contributed by atoms with Crippen molar-refractivity contribution in [3.63, 3.8) is 0 Å². The summed E-state index contributed by atoms with van der Waals surface area (Å²) in [6.45, 7) is 9.06. The van der Waals surface area contributed by atoms with Crippen LogP contribution in [0.3, 0.4) is 0 Å². The first-order chi connectivity index (χ1) is 16.0. The third-order valence-corrected chi connectivity index (χ3v) is 8.35. The van der Waals surface area contributed by atoms with Crippen molar-refractivity contribution < 1.29 is 9.47 Å². The van der Waals surface area contributed by atoms with Crippen LogP contribution in [0.1, 0.15) is 67.7 Å². The lowest BCUT2D eigenvalue weighted by Gasteiger charge is -2.57. The first kappa shape index (κ1) is 23.7. The largest absolute Gasteiger partial charge is 0.487 e. The highest BCUT2D eigenvalue weighted by Gasteiger charge is 2.57. The molecule has 184 valence electrons. The van der Waals surface area contributed by atoms with Crippen LogP contribution in [0.5, 0.6) is 11.5 Å². The van der Waals surface area contributed by atoms with Gasteiger partial charge in [0.25, 0.3) is 0 Å². The third kappa shape index (κ3) is 4.35. The molecular weight excluding hydrogens is 420 g/mol. The van der Waals surface area contributed by atoms with Gasteiger partial charge in [-0.15, -0.1) is 0 Å². The van der Waals surface area contributed by atoms with Crippen molar-refractivity contribution in [3.05, 3.63) is 58.7 Å². The number of benzene rings is 2. The van der Waals surface area contributed by atoms with Gasteiger partial charge in [-0.05, 0) is 121 Å². The van der Waals surface area contributed by atoms with E-state index in [2.05, 4.69) is 95.2 Å². The number of hydrogen-bond acceptors (Lipinski definition) is 4. The zero-order chi connectivity index (χ0) is 24.3. The van der Waals surface area contributed by atoms with E-state index < -0.39 is 0 Å². The Kier molecular flexibility index (Phi) is 5.97. The van der Waals surface area contributed by atoms with Gasteiger partial charge in [-0.25, -0.2) is 0 Å². The summed E-state index contributed by atoms with van der Waals surface area (Å²) in [4.78, 5) is 4.50. The zero-order valence-corrected chi connectivity index (χ0v) is 22.1. The molecule has 1 aliphatic carbocycles. The topological polar surface area (TPSA) is 24.9 Å². The lowest BCUT2D eigenvalue weighted by molar-refractivity contribution is -0.0801. The second kappa shape index (κ2) is 8.57. The SMILES string of the molecule is CN(C)CCc1ccc2c(c1)OC1(C)CC2C2C(C1)c1cc(CCN(C)C)ccc1OC2(C)C. The Balaban J connectivity index is 1.52. The minimum atomic E-state index is -0.215. The molecule has 2 bridgehead atoms. The van der Waals surface area contributed by atoms with Crippen molar-refractivity contribution in [2.24, 2.45) is 5.92 Å². The molecule has 5 rings (SSSR count). The highest BCUT2D eigenvalue weighted by atomic mass is 16.5. The summed E-state index contributed by atoms with van der Waals surface area (Å²) in [5.41, 5.74) is 5.19. The smallest absolute Gasteiger partial charge is 0.123 e. The molecule has 2 aromatic rings. The van der Waals surface area contributed by atoms with E-state index in [0.717, 1.165) is 50.3 Å². The minimum absolute atomic E-state index is 0.136. The molecule has 4 nitrogen and oxygen atoms in total. The minimum Gasteiger partial charge on any atom is -0.487 e. The van der Waals surface area contributed by atoms with Crippen LogP contribution in [0, 0.1) is 5.92 Å². The standard InChI is InChI=1S/C30H42N2O2/c1-29(2)28-24-18-30(3,34-27-17-21(8-10-22(24)27)13-15-32(6)7)19-25(28)23-16-20(12-14-31(4)5)9-11-26(23)33-29/h8-11,16-17,24-25,28H,12-15,18-19H2,1-7H3. The average molecular weight is 463 g/mol. The Morgan fingerprint density at radius 2 is 1.32 bits per heavy atom. The summed E-state index contributed by atoms with van der Waals surface area (Å²) in [7, 11) is 8.55. The molecule has 4 atom stereocenters. The number of fused-ring (bicyclic) bond motifs is 8. The third-order valence-electron chi connectivity index (χ3n) is 8.35. The maximum Gasteiger partial charge on any atom is 0.123 e. The number of hydrogen-bond donors (Lipinski definition) is 0. The summed E-state index contributed by atoms with van der Waals surface area (Å²) in [6.07, 6.45) is 4.23. The van der Waals surface area contributed by atoms with Crippen LogP contribution in [-0.2, 0) is 12.8 Å². The van der Waals surface area contributed by atoms with Crippen LogP contribution < -0.4 is 9.47 Å². The van der Waals surface area contributed by atoms with Crippen LogP contribution in [-0.4, -0.2) is 62.3 Å². The number of rotatable bonds is 6. The Morgan fingerprint density at radius 3 is 1.97 bits per heavy atom. The lowest BCUT2D eigenvalue weighted by Crippen LogP contribution is -2.56. The quantitative estimate of drug-likeness (QED) is 0.566. The molecule has 0 amide bonds. The summed E-state index contributed by atoms with van der Waals surface area (Å²) >= 11 is 0. The molecule has 3 aliphatic rings. The van der Waals surface area contributed by atoms with Crippen LogP contribution in [0.15, 0.2) is 36.4 Å². The Hall–Kier alpha value is -2.04. The summed E-state index contributed by atoms with van der Waals surface area (Å²) in [5, 5.41) is 0. The highest BCUT2D eigenvalue weighted by molar-refractivity contribution is 5.49. The van der Waals surface area contributed by atoms with E-state index in [0.29, 0.717) is 17.8 Å². The second-order valence-corrected chi connectivity index (χ2v) is 12.3. The molecule has 1 fully saturated rings. The predicted molar refractivity (Wildman–Crippen MR) is 139 cm³/mol. The van der Waals surface area contributed by atoms with E-state index in [1.807, 2.05) is 0 Å². The molecule has 2 aliphatic heterocycles. The first-order valence-electron chi connectivity index (χ1n) is 13.0. The molecule has 34 heavy (non-hydrogen) atoms. The van der Waals surface area contributed by atoms with E-state index in [-0.39, 0.29) is 11.2 Å². The van der Waals surface area contributed by atoms with E-state index in [4.69, 9.17) is 9.47 Å². The fourth-order valence-corrected chi connectivity index (χ4v) is 6.79. The van der Waals surface area contributed by atoms with Crippen LogP contribution >= 0.6 is 0 Å². The van der Waals surface area contributed by atoms with Gasteiger partial charge in [0.05, 0.1) is 0 Å². The molecule has 0 spiro atoms. The van der Waals surface area contributed by atoms with E-state index >= 15 is 0 Å². The van der Waals surface area contributed by atoms with E-state index in [9.17, 15) is 0 Å². The molecule has 0 N–H and O–H groups in total. The Bertz CT molecular complexity index is 1060. The van der Waals surface area contributed by atoms with Crippen molar-refractivity contribution in [1.82, 2.24) is 9.80 Å². The van der Waals surface area contributed by atoms with Gasteiger partial charge in [0, 0.05) is 19.0 Å². The van der Waals surface area contributed by atoms with Crippen molar-refractivity contribution in [3.8, 4) is 11.5 Å². The first-order valence-corrected chi connectivity index (χ1v) is 13.0. The zero-order valence-electron chi connectivity index (χ0n) is 22.1. The fraction of sp³-hybridized carbons (Fsp3) is 0.600. The van der Waals surface area contributed by atoms with Gasteiger partial charge < -0.3 is 19.3 Å². The van der Waals surface area contributed by atoms with Gasteiger partial charge in [0.15, 0.2) is 0 Å². The monoisotopic (exact) mass is 462 g/mol. The van der Waals surface area contributed by atoms with E-state index in [1.165, 1.54) is 22.3 Å². The molecule has 0 saturated heterocycles. The van der Waals surface area contributed by atoms with Crippen LogP contribution in [0.2, 0.25) is 0 Å². The molecule has 4 heteroatoms.